The number of fused-ring (bicyclic) bond motifs is 1. The van der Waals surface area contributed by atoms with Crippen LogP contribution in [-0.4, -0.2) is 32.9 Å². The van der Waals surface area contributed by atoms with Crippen molar-refractivity contribution in [2.45, 2.75) is 0 Å². The number of benzene rings is 2. The Balaban J connectivity index is 1.51. The number of thiocarbonyl (C=S) groups is 1. The summed E-state index contributed by atoms with van der Waals surface area (Å²) in [4.78, 5) is 25.4. The molecule has 28 heavy (non-hydrogen) atoms. The molecular formula is C20H14N2O4S2. The summed E-state index contributed by atoms with van der Waals surface area (Å²) < 4.78 is 5.93. The Morgan fingerprint density at radius 3 is 2.75 bits per heavy atom. The van der Waals surface area contributed by atoms with E-state index in [0.29, 0.717) is 17.1 Å². The number of carbonyl (C=O) groups is 2. The van der Waals surface area contributed by atoms with Crippen LogP contribution in [0.1, 0.15) is 15.9 Å². The van der Waals surface area contributed by atoms with E-state index >= 15 is 0 Å². The molecule has 0 atom stereocenters. The molecule has 0 aromatic heterocycles. The molecular weight excluding hydrogens is 396 g/mol. The minimum absolute atomic E-state index is 0.0506. The molecule has 0 unspecified atom stereocenters. The fourth-order valence-electron chi connectivity index (χ4n) is 2.73. The summed E-state index contributed by atoms with van der Waals surface area (Å²) in [5.41, 5.74) is 4.59. The Kier molecular flexibility index (Phi) is 4.89. The van der Waals surface area contributed by atoms with Crippen LogP contribution in [0, 0.1) is 0 Å². The molecule has 2 aliphatic heterocycles. The number of hydrogen-bond acceptors (Lipinski definition) is 6. The number of amides is 2. The number of hydrogen-bond donors (Lipinski definition) is 2. The van der Waals surface area contributed by atoms with E-state index in [0.717, 1.165) is 33.7 Å². The molecule has 0 bridgehead atoms. The van der Waals surface area contributed by atoms with Gasteiger partial charge in [0.05, 0.1) is 4.91 Å². The van der Waals surface area contributed by atoms with Crippen molar-refractivity contribution in [3.8, 4) is 11.5 Å². The highest BCUT2D eigenvalue weighted by molar-refractivity contribution is 8.26. The first kappa shape index (κ1) is 18.3. The van der Waals surface area contributed by atoms with Gasteiger partial charge in [0.25, 0.3) is 11.8 Å². The third-order valence-corrected chi connectivity index (χ3v) is 5.41. The Hall–Kier alpha value is -3.10. The number of thioether (sulfide) groups is 1. The second kappa shape index (κ2) is 7.49. The largest absolute Gasteiger partial charge is 0.508 e. The summed E-state index contributed by atoms with van der Waals surface area (Å²) >= 11 is 6.35. The van der Waals surface area contributed by atoms with Gasteiger partial charge in [0.1, 0.15) is 18.1 Å². The molecule has 6 nitrogen and oxygen atoms in total. The number of nitrogens with one attached hydrogen (secondary N) is 1. The fourth-order valence-corrected chi connectivity index (χ4v) is 3.92. The number of rotatable bonds is 3. The lowest BCUT2D eigenvalue weighted by molar-refractivity contribution is -0.123. The molecule has 1 saturated heterocycles. The second-order valence-electron chi connectivity index (χ2n) is 6.05. The molecule has 0 aliphatic carbocycles. The summed E-state index contributed by atoms with van der Waals surface area (Å²) in [7, 11) is 0. The molecule has 0 spiro atoms. The van der Waals surface area contributed by atoms with Gasteiger partial charge in [0.2, 0.25) is 0 Å². The Morgan fingerprint density at radius 2 is 1.96 bits per heavy atom. The van der Waals surface area contributed by atoms with Gasteiger partial charge < -0.3 is 9.84 Å². The molecule has 2 heterocycles. The van der Waals surface area contributed by atoms with E-state index in [-0.39, 0.29) is 10.1 Å². The quantitative estimate of drug-likeness (QED) is 0.597. The Bertz CT molecular complexity index is 1040. The van der Waals surface area contributed by atoms with Gasteiger partial charge in [-0.2, -0.15) is 5.01 Å². The third kappa shape index (κ3) is 3.64. The van der Waals surface area contributed by atoms with Crippen LogP contribution in [0.3, 0.4) is 0 Å². The van der Waals surface area contributed by atoms with E-state index in [1.165, 1.54) is 24.3 Å². The van der Waals surface area contributed by atoms with Crippen molar-refractivity contribution >= 4 is 46.2 Å². The van der Waals surface area contributed by atoms with Crippen LogP contribution in [0.4, 0.5) is 0 Å². The van der Waals surface area contributed by atoms with Crippen molar-refractivity contribution in [3.05, 3.63) is 76.2 Å². The van der Waals surface area contributed by atoms with Crippen molar-refractivity contribution < 1.29 is 19.4 Å². The molecule has 2 aliphatic rings. The summed E-state index contributed by atoms with van der Waals surface area (Å²) in [6.07, 6.45) is 3.68. The molecule has 2 N–H and O–H groups in total. The summed E-state index contributed by atoms with van der Waals surface area (Å²) in [6.45, 7) is 0.348. The van der Waals surface area contributed by atoms with E-state index < -0.39 is 11.8 Å². The lowest BCUT2D eigenvalue weighted by atomic mass is 10.1. The molecule has 2 amide bonds. The number of carbonyl (C=O) groups excluding carboxylic acids is 2. The number of aromatic hydroxyl groups is 1. The normalized spacial score (nSPS) is 17.2. The number of nitrogens with zero attached hydrogens (tertiary/aromatic N) is 1. The highest BCUT2D eigenvalue weighted by Gasteiger charge is 2.34. The zero-order valence-corrected chi connectivity index (χ0v) is 16.0. The van der Waals surface area contributed by atoms with Gasteiger partial charge in [0, 0.05) is 11.1 Å². The van der Waals surface area contributed by atoms with E-state index in [1.54, 1.807) is 6.08 Å². The van der Waals surface area contributed by atoms with Crippen LogP contribution in [0.2, 0.25) is 0 Å². The molecule has 140 valence electrons. The van der Waals surface area contributed by atoms with E-state index in [9.17, 15) is 14.7 Å². The minimum atomic E-state index is -0.494. The van der Waals surface area contributed by atoms with Gasteiger partial charge in [-0.05, 0) is 60.3 Å². The van der Waals surface area contributed by atoms with Crippen LogP contribution in [0.15, 0.2) is 65.1 Å². The van der Waals surface area contributed by atoms with Crippen molar-refractivity contribution in [3.63, 3.8) is 0 Å². The predicted molar refractivity (Wildman–Crippen MR) is 111 cm³/mol. The third-order valence-electron chi connectivity index (χ3n) is 4.11. The van der Waals surface area contributed by atoms with Crippen LogP contribution in [0.25, 0.3) is 6.08 Å². The van der Waals surface area contributed by atoms with Crippen LogP contribution in [-0.2, 0) is 4.79 Å². The molecule has 4 rings (SSSR count). The monoisotopic (exact) mass is 410 g/mol. The first-order valence-corrected chi connectivity index (χ1v) is 9.54. The van der Waals surface area contributed by atoms with E-state index in [1.807, 2.05) is 30.3 Å². The van der Waals surface area contributed by atoms with Gasteiger partial charge in [-0.25, -0.2) is 0 Å². The van der Waals surface area contributed by atoms with Crippen molar-refractivity contribution in [2.75, 3.05) is 6.61 Å². The molecule has 0 saturated carbocycles. The summed E-state index contributed by atoms with van der Waals surface area (Å²) in [5, 5.41) is 10.4. The van der Waals surface area contributed by atoms with Gasteiger partial charge >= 0.3 is 0 Å². The van der Waals surface area contributed by atoms with Gasteiger partial charge in [-0.3, -0.25) is 15.0 Å². The van der Waals surface area contributed by atoms with Gasteiger partial charge in [-0.15, -0.1) is 0 Å². The van der Waals surface area contributed by atoms with Gasteiger partial charge in [-0.1, -0.05) is 30.0 Å². The highest BCUT2D eigenvalue weighted by atomic mass is 32.2. The van der Waals surface area contributed by atoms with Crippen LogP contribution in [0.5, 0.6) is 11.5 Å². The first-order valence-electron chi connectivity index (χ1n) is 8.31. The fraction of sp³-hybridized carbons (Fsp3) is 0.0500. The molecule has 2 aromatic rings. The topological polar surface area (TPSA) is 78.9 Å². The summed E-state index contributed by atoms with van der Waals surface area (Å²) in [6, 6.07) is 13.4. The van der Waals surface area contributed by atoms with Crippen molar-refractivity contribution in [1.82, 2.24) is 10.4 Å². The SMILES string of the molecule is O=C(NN1C(=O)C(=CC2=Cc3ccccc3OC2)SC1=S)c1ccc(O)cc1. The predicted octanol–water partition coefficient (Wildman–Crippen LogP) is 3.26. The maximum atomic E-state index is 12.7. The van der Waals surface area contributed by atoms with Gasteiger partial charge in [0.15, 0.2) is 4.32 Å². The number of ether oxygens (including phenoxy) is 1. The molecule has 0 radical (unpaired) electrons. The highest BCUT2D eigenvalue weighted by Crippen LogP contribution is 2.33. The smallest absolute Gasteiger partial charge is 0.285 e. The zero-order chi connectivity index (χ0) is 19.7. The maximum absolute atomic E-state index is 12.7. The Morgan fingerprint density at radius 1 is 1.21 bits per heavy atom. The second-order valence-corrected chi connectivity index (χ2v) is 7.73. The first-order chi connectivity index (χ1) is 13.5. The van der Waals surface area contributed by atoms with E-state index in [4.69, 9.17) is 17.0 Å². The van der Waals surface area contributed by atoms with Crippen LogP contribution < -0.4 is 10.2 Å². The van der Waals surface area contributed by atoms with Crippen molar-refractivity contribution in [1.29, 1.82) is 0 Å². The standard InChI is InChI=1S/C20H14N2O4S2/c23-15-7-5-13(6-8-15)18(24)21-22-19(25)17(28-20(22)27)10-12-9-14-3-1-2-4-16(14)26-11-12/h1-10,23H,11H2,(H,21,24). The lowest BCUT2D eigenvalue weighted by Crippen LogP contribution is -2.44. The molecule has 1 fully saturated rings. The summed E-state index contributed by atoms with van der Waals surface area (Å²) in [5.74, 6) is -0.0448. The number of phenolic OH excluding ortho intramolecular Hbond substituents is 1. The number of phenols is 1. The maximum Gasteiger partial charge on any atom is 0.285 e. The molecule has 8 heteroatoms. The molecule has 2 aromatic carbocycles. The number of para-hydroxylation sites is 1. The Labute approximate surface area is 170 Å². The van der Waals surface area contributed by atoms with Crippen LogP contribution >= 0.6 is 24.0 Å². The van der Waals surface area contributed by atoms with E-state index in [2.05, 4.69) is 5.43 Å². The lowest BCUT2D eigenvalue weighted by Gasteiger charge is -2.16. The zero-order valence-electron chi connectivity index (χ0n) is 14.4. The average molecular weight is 410 g/mol. The average Bonchev–Trinajstić information content (AvgIpc) is 2.95. The van der Waals surface area contributed by atoms with Crippen molar-refractivity contribution in [2.24, 2.45) is 0 Å². The minimum Gasteiger partial charge on any atom is -0.508 e. The number of hydrazine groups is 1.